The number of Topliss-reactive ketones (excluding diaryl/α,β-unsaturated/α-hetero) is 3. The third kappa shape index (κ3) is 27.3. The summed E-state index contributed by atoms with van der Waals surface area (Å²) in [6, 6.07) is 18.3. The molecule has 4 amide bonds. The Labute approximate surface area is 609 Å². The van der Waals surface area contributed by atoms with Gasteiger partial charge in [0.1, 0.15) is 43.3 Å². The van der Waals surface area contributed by atoms with E-state index in [-0.39, 0.29) is 64.0 Å². The number of halogens is 5. The highest BCUT2D eigenvalue weighted by molar-refractivity contribution is 7.94. The van der Waals surface area contributed by atoms with Gasteiger partial charge in [0.15, 0.2) is 38.6 Å². The Morgan fingerprint density at radius 3 is 2.04 bits per heavy atom. The summed E-state index contributed by atoms with van der Waals surface area (Å²) in [6.07, 6.45) is 13.5. The summed E-state index contributed by atoms with van der Waals surface area (Å²) in [5.74, 6) is -6.93. The van der Waals surface area contributed by atoms with Gasteiger partial charge in [-0.3, -0.25) is 53.8 Å². The van der Waals surface area contributed by atoms with Crippen molar-refractivity contribution in [2.24, 2.45) is 5.92 Å². The van der Waals surface area contributed by atoms with Gasteiger partial charge in [-0.2, -0.15) is 0 Å². The number of para-hydroxylation sites is 3. The van der Waals surface area contributed by atoms with Crippen LogP contribution >= 0.6 is 54.0 Å². The lowest BCUT2D eigenvalue weighted by atomic mass is 9.81. The first-order valence-electron chi connectivity index (χ1n) is 31.6. The zero-order chi connectivity index (χ0) is 76.2. The van der Waals surface area contributed by atoms with E-state index in [1.807, 2.05) is 69.4 Å². The number of nitrogens with zero attached hydrogens (tertiary/aromatic N) is 4. The molecule has 4 aromatic rings. The van der Waals surface area contributed by atoms with E-state index in [4.69, 9.17) is 75.4 Å². The number of nitro groups is 1. The molecule has 34 heteroatoms. The van der Waals surface area contributed by atoms with E-state index >= 15 is 0 Å². The number of carbonyl (C=O) groups is 9. The summed E-state index contributed by atoms with van der Waals surface area (Å²) in [7, 11) is -5.77. The lowest BCUT2D eigenvalue weighted by Gasteiger charge is -2.35. The van der Waals surface area contributed by atoms with Gasteiger partial charge in [0.2, 0.25) is 5.91 Å². The van der Waals surface area contributed by atoms with E-state index in [0.717, 1.165) is 96.4 Å². The molecule has 0 radical (unpaired) electrons. The Balaban J connectivity index is 0.000000335. The molecule has 26 nitrogen and oxygen atoms in total. The monoisotopic (exact) mass is 1550 g/mol. The SMILES string of the molecule is CC1COc2ccccc2N1C(=O)C(Cl)Cl.CCCCCOC(=O)COc1cc(N2C(=O)C3=C(CCCC3)C2=O)c(F)cc1Cl.CCc1cccc(C)c1N(C(=O)CCl)C(C)COC.CS(=O)(=O)c1ccc(C(=O)C2C(=O)CCCC2=O)c([N+](=O)[O-])c1.C[S+](C)C.O=C(O)CNCP(=O)([O-])O. The molecule has 0 bridgehead atoms. The number of hydrogen-bond donors (Lipinski definition) is 3. The number of fused-ring (bicyclic) bond motifs is 1. The molecule has 0 spiro atoms. The maximum Gasteiger partial charge on any atom is 0.344 e. The number of esters is 1. The maximum atomic E-state index is 14.5. The summed E-state index contributed by atoms with van der Waals surface area (Å²) in [5, 5.41) is 21.0. The number of ketones is 3. The number of carbonyl (C=O) groups excluding carboxylic acids is 8. The molecule has 0 saturated heterocycles. The molecule has 8 rings (SSSR count). The second-order valence-corrected chi connectivity index (χ2v) is 31.3. The Hall–Kier alpha value is -6.89. The molecule has 3 unspecified atom stereocenters. The first-order chi connectivity index (χ1) is 47.4. The largest absolute Gasteiger partial charge is 0.778 e. The Morgan fingerprint density at radius 2 is 1.51 bits per heavy atom. The molecule has 1 saturated carbocycles. The first-order valence-corrected chi connectivity index (χ1v) is 39.5. The zero-order valence-electron chi connectivity index (χ0n) is 57.6. The Bertz CT molecular complexity index is 3780. The number of unbranched alkanes of at least 4 members (excludes halogenated alkanes) is 2. The summed E-state index contributed by atoms with van der Waals surface area (Å²) >= 11 is 23.0. The van der Waals surface area contributed by atoms with Crippen molar-refractivity contribution in [3.8, 4) is 11.5 Å². The summed E-state index contributed by atoms with van der Waals surface area (Å²) in [6.45, 7) is 10.4. The van der Waals surface area contributed by atoms with Crippen LogP contribution in [0.25, 0.3) is 0 Å². The molecule has 2 aliphatic heterocycles. The number of carboxylic acids is 1. The van der Waals surface area contributed by atoms with Gasteiger partial charge in [0.25, 0.3) is 23.4 Å². The molecular weight excluding hydrogens is 1470 g/mol. The fourth-order valence-electron chi connectivity index (χ4n) is 10.3. The third-order valence-electron chi connectivity index (χ3n) is 14.8. The Morgan fingerprint density at radius 1 is 0.911 bits per heavy atom. The van der Waals surface area contributed by atoms with Crippen LogP contribution in [0.4, 0.5) is 27.1 Å². The van der Waals surface area contributed by atoms with Gasteiger partial charge < -0.3 is 48.2 Å². The number of amides is 4. The highest BCUT2D eigenvalue weighted by atomic mass is 35.5. The van der Waals surface area contributed by atoms with Crippen molar-refractivity contribution in [3.63, 3.8) is 0 Å². The number of benzene rings is 4. The fourth-order valence-corrected chi connectivity index (χ4v) is 11.9. The fraction of sp³-hybridized carbons (Fsp3) is 0.478. The number of nitrogens with one attached hydrogen (secondary N) is 1. The molecular formula is C67H85Cl4FN5O21PS2. The van der Waals surface area contributed by atoms with E-state index in [9.17, 15) is 75.5 Å². The molecule has 3 atom stereocenters. The van der Waals surface area contributed by atoms with Crippen LogP contribution in [-0.2, 0) is 79.5 Å². The molecule has 4 aliphatic rings. The number of anilines is 3. The van der Waals surface area contributed by atoms with Crippen LogP contribution in [0.1, 0.15) is 113 Å². The number of rotatable bonds is 23. The topological polar surface area (TPSA) is 370 Å². The smallest absolute Gasteiger partial charge is 0.344 e. The number of alkyl halides is 3. The van der Waals surface area contributed by atoms with Crippen molar-refractivity contribution in [1.29, 1.82) is 0 Å². The number of imide groups is 1. The number of ether oxygens (including phenoxy) is 4. The number of aryl methyl sites for hydroxylation is 2. The molecule has 1 fully saturated rings. The van der Waals surface area contributed by atoms with Gasteiger partial charge in [-0.1, -0.05) is 91.8 Å². The number of carboxylic acid groups (broad SMARTS) is 1. The van der Waals surface area contributed by atoms with Crippen molar-refractivity contribution >= 4 is 150 Å². The van der Waals surface area contributed by atoms with Crippen molar-refractivity contribution in [2.45, 2.75) is 127 Å². The van der Waals surface area contributed by atoms with Crippen LogP contribution in [0.15, 0.2) is 88.8 Å². The molecule has 4 aromatic carbocycles. The predicted octanol–water partition coefficient (Wildman–Crippen LogP) is 9.88. The van der Waals surface area contributed by atoms with Crippen LogP contribution in [0, 0.1) is 28.8 Å². The standard InChI is InChI=1S/C21H23ClFNO5.C15H22ClNO2.C14H13NO7S.C11H11Cl2NO2.C3H8NO5P.C3H9S/c1-2-3-6-9-28-19(25)12-29-18-11-17(16(23)10-15(18)22)24-20(26)13-7-4-5-8-14(13)21(24)27;1-5-13-8-6-7-11(2)15(13)17(14(18)9-16)12(3)10-19-4;1-23(21,22)8-5-6-9(10(7-8)15(19)20)14(18)13-11(16)3-2-4-12(13)17;1-7-6-16-9-5-3-2-4-8(9)14(7)11(15)10(12)13;5-3(6)1-4-2-10(7,8)9;1-4(2)3/h10-11H,2-9,12H2,1H3;6-8,12H,5,9-10H2,1-4H3;5-7,13H,2-4H2,1H3;2-5,7,10H,6H2,1H3;4H,1-2H2,(H,5,6)(H2,7,8,9);1-3H3/q;;;;;+1/p-1. The first kappa shape index (κ1) is 88.3. The second kappa shape index (κ2) is 42.6. The zero-order valence-corrected chi connectivity index (χ0v) is 63.1. The van der Waals surface area contributed by atoms with Crippen molar-refractivity contribution in [3.05, 3.63) is 122 Å². The van der Waals surface area contributed by atoms with Gasteiger partial charge >= 0.3 is 11.9 Å². The van der Waals surface area contributed by atoms with Crippen molar-refractivity contribution in [1.82, 2.24) is 5.32 Å². The molecule has 556 valence electrons. The molecule has 2 heterocycles. The molecule has 3 N–H and O–H groups in total. The summed E-state index contributed by atoms with van der Waals surface area (Å²) in [4.78, 5) is 138. The summed E-state index contributed by atoms with van der Waals surface area (Å²) in [5.41, 5.74) is 3.44. The normalized spacial score (nSPS) is 15.7. The number of sulfone groups is 1. The van der Waals surface area contributed by atoms with Gasteiger partial charge in [0, 0.05) is 49.5 Å². The lowest BCUT2D eigenvalue weighted by molar-refractivity contribution is -0.385. The van der Waals surface area contributed by atoms with Crippen LogP contribution < -0.4 is 34.4 Å². The van der Waals surface area contributed by atoms with E-state index in [0.29, 0.717) is 66.9 Å². The molecule has 101 heavy (non-hydrogen) atoms. The van der Waals surface area contributed by atoms with Crippen LogP contribution in [-0.4, -0.2) is 170 Å². The quantitative estimate of drug-likeness (QED) is 0.00593. The van der Waals surface area contributed by atoms with E-state index in [1.165, 1.54) is 6.07 Å². The van der Waals surface area contributed by atoms with Crippen LogP contribution in [0.5, 0.6) is 11.5 Å². The highest BCUT2D eigenvalue weighted by Crippen LogP contribution is 2.41. The number of aliphatic carboxylic acids is 1. The molecule has 0 aromatic heterocycles. The van der Waals surface area contributed by atoms with E-state index < -0.39 is 111 Å². The minimum absolute atomic E-state index is 0.000883. The number of hydrogen-bond acceptors (Lipinski definition) is 20. The highest BCUT2D eigenvalue weighted by Gasteiger charge is 2.42. The number of nitro benzene ring substituents is 1. The van der Waals surface area contributed by atoms with Gasteiger partial charge in [-0.25, -0.2) is 22.5 Å². The minimum Gasteiger partial charge on any atom is -0.778 e. The van der Waals surface area contributed by atoms with Crippen LogP contribution in [0.3, 0.4) is 0 Å². The van der Waals surface area contributed by atoms with Gasteiger partial charge in [-0.15, -0.1) is 11.6 Å². The van der Waals surface area contributed by atoms with Crippen molar-refractivity contribution < 1.29 is 99.3 Å². The average molecular weight is 1550 g/mol. The summed E-state index contributed by atoms with van der Waals surface area (Å²) < 4.78 is 68.6. The van der Waals surface area contributed by atoms with Crippen molar-refractivity contribution in [2.75, 3.05) is 92.0 Å². The molecule has 2 aliphatic carbocycles. The predicted molar refractivity (Wildman–Crippen MR) is 383 cm³/mol. The minimum atomic E-state index is -4.35. The number of methoxy groups -OCH3 is 1. The average Bonchev–Trinajstić information content (AvgIpc) is 1.65. The van der Waals surface area contributed by atoms with Gasteiger partial charge in [-0.05, 0) is 118 Å². The van der Waals surface area contributed by atoms with E-state index in [2.05, 4.69) is 31.8 Å². The Kier molecular flexibility index (Phi) is 37.3. The second-order valence-electron chi connectivity index (χ2n) is 23.5. The van der Waals surface area contributed by atoms with Crippen LogP contribution in [0.2, 0.25) is 5.02 Å². The van der Waals surface area contributed by atoms with E-state index in [1.54, 1.807) is 16.9 Å². The third-order valence-corrected chi connectivity index (χ3v) is 17.5. The van der Waals surface area contributed by atoms with Gasteiger partial charge in [0.05, 0.1) is 94.4 Å². The lowest BCUT2D eigenvalue weighted by Crippen LogP contribution is -2.47. The maximum absolute atomic E-state index is 14.5.